The summed E-state index contributed by atoms with van der Waals surface area (Å²) in [4.78, 5) is 0. The van der Waals surface area contributed by atoms with E-state index >= 15 is 0 Å². The molecule has 0 aliphatic heterocycles. The van der Waals surface area contributed by atoms with Gasteiger partial charge < -0.3 is 19.7 Å². The maximum Gasteiger partial charge on any atom is 0.138 e. The van der Waals surface area contributed by atoms with Crippen LogP contribution in [0.25, 0.3) is 28.4 Å². The summed E-state index contributed by atoms with van der Waals surface area (Å²) in [6.07, 6.45) is 3.61. The first-order valence-corrected chi connectivity index (χ1v) is 7.41. The summed E-state index contributed by atoms with van der Waals surface area (Å²) >= 11 is 0. The minimum absolute atomic E-state index is 0.0137. The van der Waals surface area contributed by atoms with Crippen molar-refractivity contribution in [2.45, 2.75) is 13.8 Å². The highest BCUT2D eigenvalue weighted by Crippen LogP contribution is 2.37. The molecule has 4 nitrogen and oxygen atoms in total. The number of phenols is 3. The lowest BCUT2D eigenvalue weighted by Gasteiger charge is -2.06. The Hall–Kier alpha value is -2.88. The predicted octanol–water partition coefficient (Wildman–Crippen LogP) is 4.89. The van der Waals surface area contributed by atoms with Gasteiger partial charge in [-0.1, -0.05) is 26.0 Å². The number of allylic oxidation sites excluding steroid dienone is 1. The van der Waals surface area contributed by atoms with E-state index < -0.39 is 0 Å². The molecule has 0 unspecified atom stereocenters. The van der Waals surface area contributed by atoms with Gasteiger partial charge >= 0.3 is 0 Å². The summed E-state index contributed by atoms with van der Waals surface area (Å²) in [5, 5.41) is 30.7. The fraction of sp³-hybridized carbons (Fsp3) is 0.158. The SMILES string of the molecule is CC(C)C=Cc1c(O)cc(-c2cc3ccc(O)cc3o2)cc1O. The van der Waals surface area contributed by atoms with E-state index in [1.165, 1.54) is 6.07 Å². The van der Waals surface area contributed by atoms with Gasteiger partial charge in [-0.2, -0.15) is 0 Å². The largest absolute Gasteiger partial charge is 0.508 e. The third-order valence-corrected chi connectivity index (χ3v) is 3.57. The maximum atomic E-state index is 10.2. The number of fused-ring (bicyclic) bond motifs is 1. The molecule has 0 amide bonds. The van der Waals surface area contributed by atoms with Gasteiger partial charge in [0.05, 0.1) is 5.56 Å². The van der Waals surface area contributed by atoms with Crippen LogP contribution in [0.15, 0.2) is 46.9 Å². The third-order valence-electron chi connectivity index (χ3n) is 3.57. The van der Waals surface area contributed by atoms with Gasteiger partial charge in [-0.3, -0.25) is 0 Å². The summed E-state index contributed by atoms with van der Waals surface area (Å²) in [6, 6.07) is 9.76. The Morgan fingerprint density at radius 3 is 2.30 bits per heavy atom. The summed E-state index contributed by atoms with van der Waals surface area (Å²) in [7, 11) is 0. The second-order valence-corrected chi connectivity index (χ2v) is 5.86. The number of phenolic OH excluding ortho intramolecular Hbond substituents is 3. The molecule has 1 heterocycles. The van der Waals surface area contributed by atoms with E-state index in [-0.39, 0.29) is 17.2 Å². The highest BCUT2D eigenvalue weighted by Gasteiger charge is 2.12. The van der Waals surface area contributed by atoms with E-state index in [9.17, 15) is 15.3 Å². The van der Waals surface area contributed by atoms with Crippen LogP contribution in [-0.4, -0.2) is 15.3 Å². The zero-order chi connectivity index (χ0) is 16.6. The molecule has 23 heavy (non-hydrogen) atoms. The molecule has 0 radical (unpaired) electrons. The number of rotatable bonds is 3. The first-order valence-electron chi connectivity index (χ1n) is 7.41. The predicted molar refractivity (Wildman–Crippen MR) is 90.5 cm³/mol. The quantitative estimate of drug-likeness (QED) is 0.644. The highest BCUT2D eigenvalue weighted by molar-refractivity contribution is 5.85. The average Bonchev–Trinajstić information content (AvgIpc) is 2.88. The van der Waals surface area contributed by atoms with Crippen LogP contribution in [0.2, 0.25) is 0 Å². The molecule has 4 heteroatoms. The van der Waals surface area contributed by atoms with Crippen LogP contribution in [0.4, 0.5) is 0 Å². The molecule has 0 aliphatic carbocycles. The van der Waals surface area contributed by atoms with Crippen LogP contribution < -0.4 is 0 Å². The van der Waals surface area contributed by atoms with Gasteiger partial charge in [0.15, 0.2) is 0 Å². The van der Waals surface area contributed by atoms with Gasteiger partial charge in [0.1, 0.15) is 28.6 Å². The lowest BCUT2D eigenvalue weighted by atomic mass is 10.0. The Labute approximate surface area is 133 Å². The van der Waals surface area contributed by atoms with Crippen LogP contribution in [0, 0.1) is 5.92 Å². The average molecular weight is 310 g/mol. The Bertz CT molecular complexity index is 865. The number of hydrogen-bond acceptors (Lipinski definition) is 4. The second-order valence-electron chi connectivity index (χ2n) is 5.86. The monoisotopic (exact) mass is 310 g/mol. The minimum Gasteiger partial charge on any atom is -0.508 e. The zero-order valence-corrected chi connectivity index (χ0v) is 12.9. The first-order chi connectivity index (χ1) is 10.9. The van der Waals surface area contributed by atoms with Gasteiger partial charge in [0.2, 0.25) is 0 Å². The van der Waals surface area contributed by atoms with E-state index in [4.69, 9.17) is 4.42 Å². The molecule has 3 rings (SSSR count). The van der Waals surface area contributed by atoms with E-state index in [2.05, 4.69) is 0 Å². The van der Waals surface area contributed by atoms with Crippen molar-refractivity contribution in [3.63, 3.8) is 0 Å². The van der Waals surface area contributed by atoms with Crippen molar-refractivity contribution in [1.82, 2.24) is 0 Å². The molecule has 3 N–H and O–H groups in total. The topological polar surface area (TPSA) is 73.8 Å². The van der Waals surface area contributed by atoms with E-state index in [1.807, 2.05) is 19.9 Å². The maximum absolute atomic E-state index is 10.2. The molecule has 1 aromatic heterocycles. The highest BCUT2D eigenvalue weighted by atomic mass is 16.3. The van der Waals surface area contributed by atoms with Crippen LogP contribution in [-0.2, 0) is 0 Å². The van der Waals surface area contributed by atoms with Crippen molar-refractivity contribution in [3.8, 4) is 28.6 Å². The third kappa shape index (κ3) is 3.01. The number of aromatic hydroxyl groups is 3. The second kappa shape index (κ2) is 5.72. The van der Waals surface area contributed by atoms with E-state index in [0.29, 0.717) is 28.4 Å². The van der Waals surface area contributed by atoms with Crippen LogP contribution in [0.1, 0.15) is 19.4 Å². The van der Waals surface area contributed by atoms with Gasteiger partial charge in [0.25, 0.3) is 0 Å². The lowest BCUT2D eigenvalue weighted by Crippen LogP contribution is -1.83. The van der Waals surface area contributed by atoms with Gasteiger partial charge in [-0.15, -0.1) is 0 Å². The lowest BCUT2D eigenvalue weighted by molar-refractivity contribution is 0.448. The smallest absolute Gasteiger partial charge is 0.138 e. The van der Waals surface area contributed by atoms with E-state index in [1.54, 1.807) is 36.4 Å². The Kier molecular flexibility index (Phi) is 3.74. The molecule has 0 aliphatic rings. The molecule has 118 valence electrons. The number of furan rings is 1. The van der Waals surface area contributed by atoms with Gasteiger partial charge in [-0.05, 0) is 36.2 Å². The summed E-state index contributed by atoms with van der Waals surface area (Å²) in [5.41, 5.74) is 1.50. The molecule has 0 fully saturated rings. The van der Waals surface area contributed by atoms with Crippen molar-refractivity contribution in [2.75, 3.05) is 0 Å². The summed E-state index contributed by atoms with van der Waals surface area (Å²) in [5.74, 6) is 0.922. The molecular formula is C19H18O4. The van der Waals surface area contributed by atoms with Crippen molar-refractivity contribution < 1.29 is 19.7 Å². The van der Waals surface area contributed by atoms with Crippen molar-refractivity contribution in [2.24, 2.45) is 5.92 Å². The molecule has 0 saturated heterocycles. The fourth-order valence-electron chi connectivity index (χ4n) is 2.39. The molecular weight excluding hydrogens is 292 g/mol. The van der Waals surface area contributed by atoms with Crippen LogP contribution >= 0.6 is 0 Å². The summed E-state index contributed by atoms with van der Waals surface area (Å²) in [6.45, 7) is 4.03. The standard InChI is InChI=1S/C19H18O4/c1-11(2)3-6-15-16(21)7-13(8-17(15)22)18-9-12-4-5-14(20)10-19(12)23-18/h3-11,20-22H,1-2H3. The molecule has 0 saturated carbocycles. The van der Waals surface area contributed by atoms with Crippen molar-refractivity contribution >= 4 is 17.0 Å². The minimum atomic E-state index is -0.0137. The van der Waals surface area contributed by atoms with Gasteiger partial charge in [0, 0.05) is 17.0 Å². The normalized spacial score (nSPS) is 11.8. The molecule has 3 aromatic rings. The zero-order valence-electron chi connectivity index (χ0n) is 12.9. The molecule has 0 bridgehead atoms. The Morgan fingerprint density at radius 2 is 1.65 bits per heavy atom. The molecule has 2 aromatic carbocycles. The fourth-order valence-corrected chi connectivity index (χ4v) is 2.39. The molecule has 0 atom stereocenters. The Balaban J connectivity index is 2.05. The van der Waals surface area contributed by atoms with E-state index in [0.717, 1.165) is 5.39 Å². The molecule has 0 spiro atoms. The summed E-state index contributed by atoms with van der Waals surface area (Å²) < 4.78 is 5.68. The van der Waals surface area contributed by atoms with Crippen molar-refractivity contribution in [3.05, 3.63) is 48.0 Å². The first kappa shape index (κ1) is 15.0. The number of hydrogen-bond donors (Lipinski definition) is 3. The van der Waals surface area contributed by atoms with Crippen LogP contribution in [0.3, 0.4) is 0 Å². The van der Waals surface area contributed by atoms with Crippen molar-refractivity contribution in [1.29, 1.82) is 0 Å². The number of benzene rings is 2. The van der Waals surface area contributed by atoms with Gasteiger partial charge in [-0.25, -0.2) is 0 Å². The Morgan fingerprint density at radius 1 is 0.957 bits per heavy atom. The van der Waals surface area contributed by atoms with Crippen LogP contribution in [0.5, 0.6) is 17.2 Å².